The third kappa shape index (κ3) is 9.23. The van der Waals surface area contributed by atoms with Crippen molar-refractivity contribution in [1.29, 1.82) is 0 Å². The molecule has 10 aromatic carbocycles. The van der Waals surface area contributed by atoms with Gasteiger partial charge in [0.25, 0.3) is 0 Å². The largest absolute Gasteiger partial charge is 0.497 e. The maximum Gasteiger partial charge on any atom is 0.206 e. The lowest BCUT2D eigenvalue weighted by Gasteiger charge is -2.34. The van der Waals surface area contributed by atoms with Crippen LogP contribution in [0.25, 0.3) is 21.9 Å². The van der Waals surface area contributed by atoms with Gasteiger partial charge in [-0.05, 0) is 167 Å². The van der Waals surface area contributed by atoms with Crippen molar-refractivity contribution in [3.63, 3.8) is 0 Å². The number of aryl methyl sites for hydroxylation is 2. The number of hydrogen-bond donors (Lipinski definition) is 0. The minimum atomic E-state index is -3.74. The SMILES string of the molecule is COc1ccc(C2(c3ccc(OC)cc3)c3ccccc3-c3ccccc32)cc1.Cc1ccc(C(=O)c2ccc(Oc3ccc(S(=O)(=O)c4ccc(Oc5ccc6cc(C)ccc6c5)cc4)cc3)cc2)cc1. The van der Waals surface area contributed by atoms with E-state index in [4.69, 9.17) is 18.9 Å². The van der Waals surface area contributed by atoms with Crippen LogP contribution < -0.4 is 18.9 Å². The molecule has 0 aliphatic heterocycles. The van der Waals surface area contributed by atoms with Crippen LogP contribution in [0, 0.1) is 13.8 Å². The molecular formula is C64H50O7S. The molecule has 354 valence electrons. The molecular weight excluding hydrogens is 913 g/mol. The van der Waals surface area contributed by atoms with Gasteiger partial charge in [-0.25, -0.2) is 8.42 Å². The maximum absolute atomic E-state index is 13.3. The third-order valence-corrected chi connectivity index (χ3v) is 14.9. The zero-order chi connectivity index (χ0) is 49.8. The van der Waals surface area contributed by atoms with Crippen molar-refractivity contribution in [2.75, 3.05) is 14.2 Å². The van der Waals surface area contributed by atoms with Gasteiger partial charge < -0.3 is 18.9 Å². The van der Waals surface area contributed by atoms with E-state index in [-0.39, 0.29) is 21.0 Å². The number of carbonyl (C=O) groups is 1. The van der Waals surface area contributed by atoms with Gasteiger partial charge in [-0.15, -0.1) is 0 Å². The molecule has 0 spiro atoms. The zero-order valence-electron chi connectivity index (χ0n) is 40.2. The van der Waals surface area contributed by atoms with Crippen molar-refractivity contribution >= 4 is 26.4 Å². The number of benzene rings is 10. The minimum absolute atomic E-state index is 0.0653. The number of ketones is 1. The van der Waals surface area contributed by atoms with Gasteiger partial charge in [0, 0.05) is 11.1 Å². The number of carbonyl (C=O) groups excluding carboxylic acids is 1. The van der Waals surface area contributed by atoms with E-state index < -0.39 is 9.84 Å². The first-order chi connectivity index (χ1) is 35.0. The summed E-state index contributed by atoms with van der Waals surface area (Å²) >= 11 is 0. The zero-order valence-corrected chi connectivity index (χ0v) is 41.0. The molecule has 0 unspecified atom stereocenters. The molecule has 0 radical (unpaired) electrons. The van der Waals surface area contributed by atoms with Crippen molar-refractivity contribution in [3.05, 3.63) is 275 Å². The monoisotopic (exact) mass is 962 g/mol. The van der Waals surface area contributed by atoms with Gasteiger partial charge in [-0.3, -0.25) is 4.79 Å². The molecule has 1 aliphatic rings. The minimum Gasteiger partial charge on any atom is -0.497 e. The number of ether oxygens (including phenoxy) is 4. The van der Waals surface area contributed by atoms with E-state index in [1.165, 1.54) is 51.1 Å². The summed E-state index contributed by atoms with van der Waals surface area (Å²) in [6.45, 7) is 4.03. The lowest BCUT2D eigenvalue weighted by Crippen LogP contribution is -2.28. The fourth-order valence-electron chi connectivity index (χ4n) is 9.44. The molecule has 0 N–H and O–H groups in total. The van der Waals surface area contributed by atoms with Crippen LogP contribution in [0.5, 0.6) is 34.5 Å². The lowest BCUT2D eigenvalue weighted by atomic mass is 9.68. The second kappa shape index (κ2) is 19.9. The Balaban J connectivity index is 0.000000178. The molecule has 0 heterocycles. The van der Waals surface area contributed by atoms with Crippen LogP contribution in [0.3, 0.4) is 0 Å². The summed E-state index contributed by atoms with van der Waals surface area (Å²) < 4.78 is 49.3. The molecule has 0 saturated heterocycles. The van der Waals surface area contributed by atoms with Crippen LogP contribution in [-0.4, -0.2) is 28.4 Å². The Kier molecular flexibility index (Phi) is 13.0. The Morgan fingerprint density at radius 3 is 1.25 bits per heavy atom. The smallest absolute Gasteiger partial charge is 0.206 e. The van der Waals surface area contributed by atoms with E-state index in [0.717, 1.165) is 27.8 Å². The number of sulfone groups is 1. The summed E-state index contributed by atoms with van der Waals surface area (Å²) in [6.07, 6.45) is 0. The van der Waals surface area contributed by atoms with Crippen molar-refractivity contribution < 1.29 is 32.2 Å². The Bertz CT molecular complexity index is 3570. The Hall–Kier alpha value is -8.72. The number of fused-ring (bicyclic) bond motifs is 4. The molecule has 10 aromatic rings. The van der Waals surface area contributed by atoms with E-state index in [9.17, 15) is 13.2 Å². The standard InChI is InChI=1S/C37H28O5S.C27H22O2/c1-25-3-6-27(7-4-25)37(38)28-9-12-31(13-10-28)41-32-15-19-35(20-16-32)43(39,40)36-21-17-33(18-22-36)42-34-14-11-29-23-26(2)5-8-30(29)24-34;1-28-21-15-11-19(12-16-21)27(20-13-17-22(29-2)18-14-20)25-9-5-3-7-23(25)24-8-4-6-10-26(24)27/h3-24H,1-2H3;3-18H,1-2H3. The van der Waals surface area contributed by atoms with Crippen LogP contribution in [-0.2, 0) is 15.3 Å². The van der Waals surface area contributed by atoms with Gasteiger partial charge in [0.05, 0.1) is 29.4 Å². The third-order valence-electron chi connectivity index (χ3n) is 13.1. The molecule has 0 amide bonds. The van der Waals surface area contributed by atoms with Gasteiger partial charge in [0.1, 0.15) is 34.5 Å². The Morgan fingerprint density at radius 1 is 0.389 bits per heavy atom. The van der Waals surface area contributed by atoms with Crippen molar-refractivity contribution in [2.45, 2.75) is 29.1 Å². The van der Waals surface area contributed by atoms with Crippen LogP contribution in [0.2, 0.25) is 0 Å². The van der Waals surface area contributed by atoms with Crippen LogP contribution >= 0.6 is 0 Å². The number of methoxy groups -OCH3 is 2. The van der Waals surface area contributed by atoms with Crippen molar-refractivity contribution in [2.24, 2.45) is 0 Å². The second-order valence-electron chi connectivity index (χ2n) is 17.7. The number of rotatable bonds is 12. The molecule has 0 fully saturated rings. The highest BCUT2D eigenvalue weighted by atomic mass is 32.2. The van der Waals surface area contributed by atoms with E-state index in [2.05, 4.69) is 97.9 Å². The molecule has 11 rings (SSSR count). The molecule has 0 aromatic heterocycles. The van der Waals surface area contributed by atoms with Crippen LogP contribution in [0.15, 0.2) is 240 Å². The van der Waals surface area contributed by atoms with Crippen LogP contribution in [0.1, 0.15) is 49.3 Å². The first kappa shape index (κ1) is 47.0. The highest BCUT2D eigenvalue weighted by Gasteiger charge is 2.45. The van der Waals surface area contributed by atoms with E-state index >= 15 is 0 Å². The maximum atomic E-state index is 13.3. The average molecular weight is 963 g/mol. The molecule has 7 nitrogen and oxygen atoms in total. The molecule has 0 atom stereocenters. The second-order valence-corrected chi connectivity index (χ2v) is 19.6. The van der Waals surface area contributed by atoms with Gasteiger partial charge in [-0.1, -0.05) is 132 Å². The topological polar surface area (TPSA) is 88.1 Å². The number of hydrogen-bond acceptors (Lipinski definition) is 7. The normalized spacial score (nSPS) is 12.2. The summed E-state index contributed by atoms with van der Waals surface area (Å²) in [7, 11) is -0.338. The quantitative estimate of drug-likeness (QED) is 0.113. The Labute approximate surface area is 420 Å². The molecule has 0 saturated carbocycles. The fraction of sp³-hybridized carbons (Fsp3) is 0.0781. The molecule has 72 heavy (non-hydrogen) atoms. The van der Waals surface area contributed by atoms with Gasteiger partial charge in [-0.2, -0.15) is 0 Å². The molecule has 8 heteroatoms. The summed E-state index contributed by atoms with van der Waals surface area (Å²) in [5.74, 6) is 3.88. The summed E-state index contributed by atoms with van der Waals surface area (Å²) in [5.41, 5.74) is 10.7. The summed E-state index contributed by atoms with van der Waals surface area (Å²) in [4.78, 5) is 13.0. The fourth-order valence-corrected chi connectivity index (χ4v) is 10.7. The van der Waals surface area contributed by atoms with Crippen LogP contribution in [0.4, 0.5) is 0 Å². The van der Waals surface area contributed by atoms with Crippen molar-refractivity contribution in [3.8, 4) is 45.6 Å². The first-order valence-electron chi connectivity index (χ1n) is 23.5. The van der Waals surface area contributed by atoms with E-state index in [0.29, 0.717) is 34.1 Å². The van der Waals surface area contributed by atoms with Crippen molar-refractivity contribution in [1.82, 2.24) is 0 Å². The predicted octanol–water partition coefficient (Wildman–Crippen LogP) is 15.2. The van der Waals surface area contributed by atoms with Gasteiger partial charge in [0.2, 0.25) is 9.84 Å². The summed E-state index contributed by atoms with van der Waals surface area (Å²) in [6, 6.07) is 73.4. The van der Waals surface area contributed by atoms with Gasteiger partial charge in [0.15, 0.2) is 5.78 Å². The lowest BCUT2D eigenvalue weighted by molar-refractivity contribution is 0.103. The Morgan fingerprint density at radius 2 is 0.764 bits per heavy atom. The average Bonchev–Trinajstić information content (AvgIpc) is 3.72. The predicted molar refractivity (Wildman–Crippen MR) is 285 cm³/mol. The first-order valence-corrected chi connectivity index (χ1v) is 25.0. The highest BCUT2D eigenvalue weighted by molar-refractivity contribution is 7.91. The molecule has 0 bridgehead atoms. The van der Waals surface area contributed by atoms with E-state index in [1.807, 2.05) is 73.7 Å². The van der Waals surface area contributed by atoms with E-state index in [1.54, 1.807) is 74.9 Å². The molecule has 1 aliphatic carbocycles. The van der Waals surface area contributed by atoms with Gasteiger partial charge >= 0.3 is 0 Å². The summed E-state index contributed by atoms with van der Waals surface area (Å²) in [5, 5.41) is 2.20. The highest BCUT2D eigenvalue weighted by Crippen LogP contribution is 2.56.